The first-order valence-electron chi connectivity index (χ1n) is 7.72. The fourth-order valence-corrected chi connectivity index (χ4v) is 2.80. The summed E-state index contributed by atoms with van der Waals surface area (Å²) in [5, 5.41) is 4.44. The van der Waals surface area contributed by atoms with Crippen LogP contribution in [0.5, 0.6) is 0 Å². The van der Waals surface area contributed by atoms with Crippen molar-refractivity contribution in [2.45, 2.75) is 12.6 Å². The summed E-state index contributed by atoms with van der Waals surface area (Å²) in [5.74, 6) is 0.875. The molecular weight excluding hydrogens is 292 g/mol. The highest BCUT2D eigenvalue weighted by molar-refractivity contribution is 5.54. The van der Waals surface area contributed by atoms with E-state index < -0.39 is 0 Å². The van der Waals surface area contributed by atoms with Crippen LogP contribution in [0.4, 0.5) is 0 Å². The van der Waals surface area contributed by atoms with Crippen LogP contribution in [0, 0.1) is 0 Å². The summed E-state index contributed by atoms with van der Waals surface area (Å²) in [7, 11) is 0. The SMILES string of the molecule is c1ccc(-n2nccc2-c2nccn2CC2COCCO2)cc1. The average Bonchev–Trinajstić information content (AvgIpc) is 3.25. The molecule has 0 bridgehead atoms. The van der Waals surface area contributed by atoms with Crippen molar-refractivity contribution in [3.8, 4) is 17.2 Å². The van der Waals surface area contributed by atoms with Crippen molar-refractivity contribution < 1.29 is 9.47 Å². The lowest BCUT2D eigenvalue weighted by molar-refractivity contribution is -0.0934. The maximum absolute atomic E-state index is 5.74. The van der Waals surface area contributed by atoms with E-state index in [2.05, 4.69) is 14.6 Å². The fourth-order valence-electron chi connectivity index (χ4n) is 2.80. The lowest BCUT2D eigenvalue weighted by Crippen LogP contribution is -2.32. The van der Waals surface area contributed by atoms with Crippen LogP contribution in [-0.2, 0) is 16.0 Å². The fraction of sp³-hybridized carbons (Fsp3) is 0.294. The van der Waals surface area contributed by atoms with Gasteiger partial charge in [0.25, 0.3) is 0 Å². The van der Waals surface area contributed by atoms with Gasteiger partial charge in [-0.1, -0.05) is 18.2 Å². The number of benzene rings is 1. The van der Waals surface area contributed by atoms with Crippen molar-refractivity contribution in [3.05, 3.63) is 55.0 Å². The Morgan fingerprint density at radius 1 is 1.09 bits per heavy atom. The van der Waals surface area contributed by atoms with Gasteiger partial charge in [-0.15, -0.1) is 0 Å². The zero-order chi connectivity index (χ0) is 15.5. The molecule has 1 fully saturated rings. The second-order valence-electron chi connectivity index (χ2n) is 5.43. The number of para-hydroxylation sites is 1. The first kappa shape index (κ1) is 14.2. The second kappa shape index (κ2) is 6.36. The summed E-state index contributed by atoms with van der Waals surface area (Å²) in [5.41, 5.74) is 1.97. The van der Waals surface area contributed by atoms with Gasteiger partial charge in [0.1, 0.15) is 5.69 Å². The molecule has 118 valence electrons. The van der Waals surface area contributed by atoms with Gasteiger partial charge in [-0.25, -0.2) is 9.67 Å². The zero-order valence-corrected chi connectivity index (χ0v) is 12.7. The first-order valence-corrected chi connectivity index (χ1v) is 7.72. The van der Waals surface area contributed by atoms with Crippen molar-refractivity contribution >= 4 is 0 Å². The minimum absolute atomic E-state index is 0.0600. The van der Waals surface area contributed by atoms with Crippen LogP contribution in [0.1, 0.15) is 0 Å². The molecule has 0 aliphatic carbocycles. The summed E-state index contributed by atoms with van der Waals surface area (Å²) in [6.45, 7) is 2.66. The standard InChI is InChI=1S/C17H18N4O2/c1-2-4-14(5-3-1)21-16(6-7-19-21)17-18-8-9-20(17)12-15-13-22-10-11-23-15/h1-9,15H,10-13H2. The quantitative estimate of drug-likeness (QED) is 0.741. The van der Waals surface area contributed by atoms with E-state index in [1.807, 2.05) is 47.3 Å². The summed E-state index contributed by atoms with van der Waals surface area (Å²) in [6.07, 6.45) is 5.63. The molecule has 6 nitrogen and oxygen atoms in total. The molecule has 1 atom stereocenters. The van der Waals surface area contributed by atoms with Crippen molar-refractivity contribution in [2.75, 3.05) is 19.8 Å². The topological polar surface area (TPSA) is 54.1 Å². The summed E-state index contributed by atoms with van der Waals surface area (Å²) >= 11 is 0. The molecule has 1 unspecified atom stereocenters. The molecule has 2 aromatic heterocycles. The Labute approximate surface area is 134 Å². The van der Waals surface area contributed by atoms with Gasteiger partial charge in [0, 0.05) is 12.4 Å². The van der Waals surface area contributed by atoms with Crippen molar-refractivity contribution in [1.82, 2.24) is 19.3 Å². The zero-order valence-electron chi connectivity index (χ0n) is 12.7. The molecule has 6 heteroatoms. The number of ether oxygens (including phenoxy) is 2. The largest absolute Gasteiger partial charge is 0.376 e. The van der Waals surface area contributed by atoms with Gasteiger partial charge in [-0.05, 0) is 18.2 Å². The van der Waals surface area contributed by atoms with Crippen LogP contribution in [0.15, 0.2) is 55.0 Å². The van der Waals surface area contributed by atoms with Crippen LogP contribution in [0.25, 0.3) is 17.2 Å². The van der Waals surface area contributed by atoms with E-state index in [-0.39, 0.29) is 6.10 Å². The van der Waals surface area contributed by atoms with Crippen LogP contribution in [0.2, 0.25) is 0 Å². The van der Waals surface area contributed by atoms with Gasteiger partial charge in [0.15, 0.2) is 5.82 Å². The average molecular weight is 310 g/mol. The predicted octanol–water partition coefficient (Wildman–Crippen LogP) is 2.15. The van der Waals surface area contributed by atoms with Crippen LogP contribution in [0.3, 0.4) is 0 Å². The molecule has 1 saturated heterocycles. The smallest absolute Gasteiger partial charge is 0.158 e. The Balaban J connectivity index is 1.65. The molecule has 0 N–H and O–H groups in total. The van der Waals surface area contributed by atoms with E-state index in [1.165, 1.54) is 0 Å². The van der Waals surface area contributed by atoms with E-state index in [9.17, 15) is 0 Å². The highest BCUT2D eigenvalue weighted by Crippen LogP contribution is 2.21. The third-order valence-corrected chi connectivity index (χ3v) is 3.87. The van der Waals surface area contributed by atoms with Crippen molar-refractivity contribution in [3.63, 3.8) is 0 Å². The predicted molar refractivity (Wildman–Crippen MR) is 85.3 cm³/mol. The third kappa shape index (κ3) is 2.91. The van der Waals surface area contributed by atoms with Gasteiger partial charge >= 0.3 is 0 Å². The number of rotatable bonds is 4. The summed E-state index contributed by atoms with van der Waals surface area (Å²) in [4.78, 5) is 4.52. The van der Waals surface area contributed by atoms with E-state index in [0.29, 0.717) is 19.8 Å². The third-order valence-electron chi connectivity index (χ3n) is 3.87. The first-order chi connectivity index (χ1) is 11.4. The molecule has 0 spiro atoms. The molecular formula is C17H18N4O2. The van der Waals surface area contributed by atoms with Crippen LogP contribution >= 0.6 is 0 Å². The molecule has 3 aromatic rings. The van der Waals surface area contributed by atoms with E-state index in [0.717, 1.165) is 23.8 Å². The van der Waals surface area contributed by atoms with Crippen LogP contribution in [-0.4, -0.2) is 45.3 Å². The molecule has 1 aliphatic heterocycles. The number of hydrogen-bond donors (Lipinski definition) is 0. The maximum atomic E-state index is 5.74. The lowest BCUT2D eigenvalue weighted by atomic mass is 10.3. The Bertz CT molecular complexity index is 760. The Kier molecular flexibility index (Phi) is 3.92. The normalized spacial score (nSPS) is 18.2. The van der Waals surface area contributed by atoms with E-state index >= 15 is 0 Å². The molecule has 1 aromatic carbocycles. The van der Waals surface area contributed by atoms with Gasteiger partial charge in [-0.2, -0.15) is 5.10 Å². The van der Waals surface area contributed by atoms with Gasteiger partial charge in [-0.3, -0.25) is 0 Å². The Morgan fingerprint density at radius 3 is 2.83 bits per heavy atom. The number of imidazole rings is 1. The van der Waals surface area contributed by atoms with Crippen molar-refractivity contribution in [2.24, 2.45) is 0 Å². The van der Waals surface area contributed by atoms with Gasteiger partial charge < -0.3 is 14.0 Å². The summed E-state index contributed by atoms with van der Waals surface area (Å²) < 4.78 is 15.2. The van der Waals surface area contributed by atoms with Crippen LogP contribution < -0.4 is 0 Å². The molecule has 23 heavy (non-hydrogen) atoms. The molecule has 3 heterocycles. The minimum Gasteiger partial charge on any atom is -0.376 e. The number of aromatic nitrogens is 4. The highest BCUT2D eigenvalue weighted by atomic mass is 16.6. The van der Waals surface area contributed by atoms with Crippen molar-refractivity contribution in [1.29, 1.82) is 0 Å². The molecule has 0 saturated carbocycles. The lowest BCUT2D eigenvalue weighted by Gasteiger charge is -2.23. The maximum Gasteiger partial charge on any atom is 0.158 e. The van der Waals surface area contributed by atoms with E-state index in [1.54, 1.807) is 12.4 Å². The Hall–Kier alpha value is -2.44. The van der Waals surface area contributed by atoms with Gasteiger partial charge in [0.05, 0.1) is 44.4 Å². The number of nitrogens with zero attached hydrogens (tertiary/aromatic N) is 4. The monoisotopic (exact) mass is 310 g/mol. The molecule has 0 radical (unpaired) electrons. The Morgan fingerprint density at radius 2 is 2.00 bits per heavy atom. The molecule has 1 aliphatic rings. The number of hydrogen-bond acceptors (Lipinski definition) is 4. The van der Waals surface area contributed by atoms with E-state index in [4.69, 9.17) is 9.47 Å². The molecule has 4 rings (SSSR count). The summed E-state index contributed by atoms with van der Waals surface area (Å²) in [6, 6.07) is 12.0. The minimum atomic E-state index is 0.0600. The highest BCUT2D eigenvalue weighted by Gasteiger charge is 2.18. The van der Waals surface area contributed by atoms with Gasteiger partial charge in [0.2, 0.25) is 0 Å². The molecule has 0 amide bonds. The second-order valence-corrected chi connectivity index (χ2v) is 5.43.